The Balaban J connectivity index is 1.13. The molecule has 0 radical (unpaired) electrons. The Kier molecular flexibility index (Phi) is 6.07. The Labute approximate surface area is 240 Å². The normalized spacial score (nSPS) is 24.1. The average molecular weight is 580 g/mol. The fraction of sp³-hybridized carbons (Fsp3) is 0.400. The van der Waals surface area contributed by atoms with Crippen LogP contribution in [0.5, 0.6) is 5.75 Å². The van der Waals surface area contributed by atoms with Crippen LogP contribution in [0.1, 0.15) is 84.7 Å². The maximum atomic E-state index is 11.7. The average Bonchev–Trinajstić information content (AvgIpc) is 3.72. The lowest BCUT2D eigenvalue weighted by Gasteiger charge is -2.52. The number of phenols is 1. The fourth-order valence-electron chi connectivity index (χ4n) is 6.62. The first-order valence-corrected chi connectivity index (χ1v) is 14.3. The van der Waals surface area contributed by atoms with Crippen molar-refractivity contribution in [2.45, 2.75) is 74.9 Å². The summed E-state index contributed by atoms with van der Waals surface area (Å²) in [4.78, 5) is 20.6. The van der Waals surface area contributed by atoms with Crippen LogP contribution in [0.2, 0.25) is 10.0 Å². The second-order valence-corrected chi connectivity index (χ2v) is 12.2. The molecule has 8 nitrogen and oxygen atoms in total. The van der Waals surface area contributed by atoms with E-state index in [1.54, 1.807) is 18.5 Å². The monoisotopic (exact) mass is 579 g/mol. The highest BCUT2D eigenvalue weighted by atomic mass is 35.5. The van der Waals surface area contributed by atoms with Crippen LogP contribution in [0.15, 0.2) is 41.2 Å². The number of hydrogen-bond donors (Lipinski definition) is 2. The van der Waals surface area contributed by atoms with Gasteiger partial charge in [-0.15, -0.1) is 0 Å². The molecule has 0 spiro atoms. The summed E-state index contributed by atoms with van der Waals surface area (Å²) in [5.41, 5.74) is 3.16. The number of phenolic OH excluding ortho intramolecular Hbond substituents is 1. The number of nitrogens with zero attached hydrogens (tertiary/aromatic N) is 3. The molecule has 10 heteroatoms. The molecule has 0 aliphatic heterocycles. The number of aromatic hydroxyl groups is 1. The second-order valence-electron chi connectivity index (χ2n) is 11.4. The summed E-state index contributed by atoms with van der Waals surface area (Å²) < 4.78 is 12.6. The molecule has 4 fully saturated rings. The third-order valence-electron chi connectivity index (χ3n) is 9.17. The molecule has 4 saturated carbocycles. The number of rotatable bonds is 7. The maximum Gasteiger partial charge on any atom is 0.336 e. The standard InChI is InChI=1S/C30H27Cl2N3O5/c31-20-13-33-14-21(32)24(20)26-19(27(40-35-26)16-1-2-16)15-39-30-10-7-29(8-11-30,9-12-30)23-6-4-17-18(28(37)38)3-5-22(36)25(17)34-23/h3-6,13-14,16,36H,1-2,7-12,15H2,(H,37,38). The molecule has 40 heavy (non-hydrogen) atoms. The highest BCUT2D eigenvalue weighted by Gasteiger charge is 2.51. The van der Waals surface area contributed by atoms with E-state index in [0.717, 1.165) is 68.4 Å². The van der Waals surface area contributed by atoms with Crippen molar-refractivity contribution in [1.82, 2.24) is 15.1 Å². The van der Waals surface area contributed by atoms with E-state index in [1.165, 1.54) is 12.1 Å². The van der Waals surface area contributed by atoms with Gasteiger partial charge >= 0.3 is 5.97 Å². The molecule has 2 N–H and O–H groups in total. The van der Waals surface area contributed by atoms with Crippen molar-refractivity contribution < 1.29 is 24.3 Å². The van der Waals surface area contributed by atoms with Crippen molar-refractivity contribution in [3.8, 4) is 17.0 Å². The first kappa shape index (κ1) is 25.7. The van der Waals surface area contributed by atoms with Crippen LogP contribution in [0, 0.1) is 0 Å². The molecule has 4 aromatic rings. The molecule has 206 valence electrons. The number of benzene rings is 1. The van der Waals surface area contributed by atoms with Crippen LogP contribution >= 0.6 is 23.2 Å². The van der Waals surface area contributed by atoms with E-state index in [0.29, 0.717) is 44.7 Å². The number of aromatic nitrogens is 3. The summed E-state index contributed by atoms with van der Waals surface area (Å²) in [6, 6.07) is 6.53. The van der Waals surface area contributed by atoms with Gasteiger partial charge in [0.05, 0.1) is 27.8 Å². The highest BCUT2D eigenvalue weighted by molar-refractivity contribution is 6.38. The van der Waals surface area contributed by atoms with Crippen molar-refractivity contribution in [1.29, 1.82) is 0 Å². The van der Waals surface area contributed by atoms with Crippen molar-refractivity contribution in [3.63, 3.8) is 0 Å². The van der Waals surface area contributed by atoms with E-state index in [4.69, 9.17) is 37.4 Å². The molecule has 1 aromatic carbocycles. The lowest BCUT2D eigenvalue weighted by molar-refractivity contribution is -0.127. The maximum absolute atomic E-state index is 11.7. The molecule has 0 amide bonds. The van der Waals surface area contributed by atoms with Gasteiger partial charge in [-0.3, -0.25) is 4.98 Å². The zero-order chi connectivity index (χ0) is 27.6. The smallest absolute Gasteiger partial charge is 0.336 e. The van der Waals surface area contributed by atoms with Gasteiger partial charge in [-0.2, -0.15) is 0 Å². The predicted molar refractivity (Wildman–Crippen MR) is 149 cm³/mol. The molecule has 2 bridgehead atoms. The molecule has 0 saturated heterocycles. The number of fused-ring (bicyclic) bond motifs is 4. The van der Waals surface area contributed by atoms with Crippen LogP contribution in [-0.2, 0) is 16.8 Å². The second kappa shape index (κ2) is 9.43. The third kappa shape index (κ3) is 4.16. The van der Waals surface area contributed by atoms with Crippen molar-refractivity contribution in [3.05, 3.63) is 69.3 Å². The molecular weight excluding hydrogens is 553 g/mol. The number of aromatic carboxylic acids is 1. The Bertz CT molecular complexity index is 1620. The Morgan fingerprint density at radius 1 is 1.02 bits per heavy atom. The summed E-state index contributed by atoms with van der Waals surface area (Å²) >= 11 is 12.9. The Hall–Kier alpha value is -3.20. The van der Waals surface area contributed by atoms with Gasteiger partial charge in [0.1, 0.15) is 22.7 Å². The summed E-state index contributed by atoms with van der Waals surface area (Å²) in [6.45, 7) is 0.368. The van der Waals surface area contributed by atoms with Crippen molar-refractivity contribution >= 4 is 40.1 Å². The Morgan fingerprint density at radius 2 is 1.73 bits per heavy atom. The first-order chi connectivity index (χ1) is 19.3. The van der Waals surface area contributed by atoms with Crippen LogP contribution in [0.25, 0.3) is 22.2 Å². The SMILES string of the molecule is O=C(O)c1ccc(O)c2nc(C34CCC(OCc5c(-c6c(Cl)cncc6Cl)noc5C5CC5)(CC3)CC4)ccc12. The third-order valence-corrected chi connectivity index (χ3v) is 9.74. The number of halogens is 2. The van der Waals surface area contributed by atoms with E-state index >= 15 is 0 Å². The molecule has 3 heterocycles. The molecule has 0 unspecified atom stereocenters. The highest BCUT2D eigenvalue weighted by Crippen LogP contribution is 2.55. The Morgan fingerprint density at radius 3 is 2.38 bits per heavy atom. The summed E-state index contributed by atoms with van der Waals surface area (Å²) in [7, 11) is 0. The number of carboxylic acid groups (broad SMARTS) is 1. The van der Waals surface area contributed by atoms with Gasteiger partial charge in [-0.1, -0.05) is 28.4 Å². The van der Waals surface area contributed by atoms with Gasteiger partial charge in [-0.25, -0.2) is 9.78 Å². The van der Waals surface area contributed by atoms with E-state index in [1.807, 2.05) is 6.07 Å². The van der Waals surface area contributed by atoms with Crippen molar-refractivity contribution in [2.75, 3.05) is 0 Å². The zero-order valence-corrected chi connectivity index (χ0v) is 23.1. The van der Waals surface area contributed by atoms with Gasteiger partial charge in [0, 0.05) is 45.9 Å². The summed E-state index contributed by atoms with van der Waals surface area (Å²) in [5, 5.41) is 25.7. The van der Waals surface area contributed by atoms with Crippen molar-refractivity contribution in [2.24, 2.45) is 0 Å². The van der Waals surface area contributed by atoms with E-state index in [9.17, 15) is 15.0 Å². The fourth-order valence-corrected chi connectivity index (χ4v) is 7.17. The lowest BCUT2D eigenvalue weighted by atomic mass is 9.57. The van der Waals surface area contributed by atoms with Gasteiger partial charge in [0.15, 0.2) is 0 Å². The number of hydrogen-bond acceptors (Lipinski definition) is 7. The minimum atomic E-state index is -1.04. The van der Waals surface area contributed by atoms with E-state index < -0.39 is 5.97 Å². The quantitative estimate of drug-likeness (QED) is 0.232. The molecule has 8 rings (SSSR count). The van der Waals surface area contributed by atoms with Crippen LogP contribution in [-0.4, -0.2) is 36.9 Å². The van der Waals surface area contributed by atoms with Crippen LogP contribution < -0.4 is 0 Å². The van der Waals surface area contributed by atoms with Crippen LogP contribution in [0.4, 0.5) is 0 Å². The van der Waals surface area contributed by atoms with Gasteiger partial charge in [-0.05, 0) is 75.6 Å². The predicted octanol–water partition coefficient (Wildman–Crippen LogP) is 7.43. The molecule has 4 aliphatic rings. The number of carbonyl (C=O) groups is 1. The minimum Gasteiger partial charge on any atom is -0.506 e. The number of carboxylic acids is 1. The molecular formula is C30H27Cl2N3O5. The number of ether oxygens (including phenoxy) is 1. The van der Waals surface area contributed by atoms with Gasteiger partial charge in [0.2, 0.25) is 0 Å². The largest absolute Gasteiger partial charge is 0.506 e. The van der Waals surface area contributed by atoms with Gasteiger partial charge < -0.3 is 19.5 Å². The molecule has 3 aromatic heterocycles. The molecule has 4 aliphatic carbocycles. The lowest BCUT2D eigenvalue weighted by Crippen LogP contribution is -2.50. The minimum absolute atomic E-state index is 0.00653. The molecule has 0 atom stereocenters. The van der Waals surface area contributed by atoms with E-state index in [-0.39, 0.29) is 22.3 Å². The van der Waals surface area contributed by atoms with E-state index in [2.05, 4.69) is 10.1 Å². The van der Waals surface area contributed by atoms with Gasteiger partial charge in [0.25, 0.3) is 0 Å². The zero-order valence-electron chi connectivity index (χ0n) is 21.6. The summed E-state index contributed by atoms with van der Waals surface area (Å²) in [6.07, 6.45) is 10.6. The topological polar surface area (TPSA) is 119 Å². The number of pyridine rings is 2. The first-order valence-electron chi connectivity index (χ1n) is 13.6. The van der Waals surface area contributed by atoms with Crippen LogP contribution in [0.3, 0.4) is 0 Å². The summed E-state index contributed by atoms with van der Waals surface area (Å²) in [5.74, 6) is 0.161.